The van der Waals surface area contributed by atoms with Crippen molar-refractivity contribution < 1.29 is 13.9 Å². The van der Waals surface area contributed by atoms with E-state index in [-0.39, 0.29) is 11.4 Å². The Morgan fingerprint density at radius 3 is 2.58 bits per heavy atom. The summed E-state index contributed by atoms with van der Waals surface area (Å²) < 4.78 is 23.9. The smallest absolute Gasteiger partial charge is 0.123 e. The van der Waals surface area contributed by atoms with E-state index in [1.54, 1.807) is 13.2 Å². The lowest BCUT2D eigenvalue weighted by Gasteiger charge is -2.21. The molecular weight excluding hydrogens is 245 g/mol. The summed E-state index contributed by atoms with van der Waals surface area (Å²) in [6.45, 7) is 8.04. The largest absolute Gasteiger partial charge is 0.493 e. The molecule has 1 N–H and O–H groups in total. The van der Waals surface area contributed by atoms with Crippen molar-refractivity contribution in [2.24, 2.45) is 0 Å². The third-order valence-corrected chi connectivity index (χ3v) is 2.58. The van der Waals surface area contributed by atoms with Crippen LogP contribution in [0.25, 0.3) is 0 Å². The number of rotatable bonds is 7. The highest BCUT2D eigenvalue weighted by molar-refractivity contribution is 5.34. The maximum absolute atomic E-state index is 13.3. The van der Waals surface area contributed by atoms with Crippen LogP contribution in [-0.4, -0.2) is 25.9 Å². The van der Waals surface area contributed by atoms with Gasteiger partial charge in [-0.15, -0.1) is 0 Å². The highest BCUT2D eigenvalue weighted by Crippen LogP contribution is 2.20. The van der Waals surface area contributed by atoms with E-state index in [4.69, 9.17) is 9.47 Å². The molecule has 0 bridgehead atoms. The maximum atomic E-state index is 13.3. The summed E-state index contributed by atoms with van der Waals surface area (Å²) in [4.78, 5) is 0. The minimum absolute atomic E-state index is 0.0142. The molecule has 0 heterocycles. The van der Waals surface area contributed by atoms with E-state index in [9.17, 15) is 4.39 Å². The number of ether oxygens (including phenoxy) is 2. The van der Waals surface area contributed by atoms with Gasteiger partial charge in [0.05, 0.1) is 6.61 Å². The SMILES string of the molecule is COCCCOc1ccc(F)cc1CNC(C)(C)C. The van der Waals surface area contributed by atoms with Gasteiger partial charge in [-0.25, -0.2) is 4.39 Å². The summed E-state index contributed by atoms with van der Waals surface area (Å²) in [7, 11) is 1.66. The van der Waals surface area contributed by atoms with Crippen molar-refractivity contribution in [3.8, 4) is 5.75 Å². The van der Waals surface area contributed by atoms with Gasteiger partial charge in [0.1, 0.15) is 11.6 Å². The lowest BCUT2D eigenvalue weighted by molar-refractivity contribution is 0.171. The first-order valence-corrected chi connectivity index (χ1v) is 6.57. The van der Waals surface area contributed by atoms with Crippen molar-refractivity contribution in [2.45, 2.75) is 39.3 Å². The van der Waals surface area contributed by atoms with Gasteiger partial charge in [0, 0.05) is 37.8 Å². The molecule has 0 saturated carbocycles. The lowest BCUT2D eigenvalue weighted by Crippen LogP contribution is -2.35. The van der Waals surface area contributed by atoms with Crippen LogP contribution >= 0.6 is 0 Å². The normalized spacial score (nSPS) is 11.6. The molecule has 0 aliphatic heterocycles. The number of hydrogen-bond acceptors (Lipinski definition) is 3. The predicted molar refractivity (Wildman–Crippen MR) is 75.0 cm³/mol. The zero-order chi connectivity index (χ0) is 14.3. The maximum Gasteiger partial charge on any atom is 0.123 e. The van der Waals surface area contributed by atoms with Gasteiger partial charge in [-0.3, -0.25) is 0 Å². The highest BCUT2D eigenvalue weighted by Gasteiger charge is 2.11. The van der Waals surface area contributed by atoms with Crippen LogP contribution in [0, 0.1) is 5.82 Å². The fourth-order valence-electron chi connectivity index (χ4n) is 1.57. The first-order valence-electron chi connectivity index (χ1n) is 6.57. The summed E-state index contributed by atoms with van der Waals surface area (Å²) in [6, 6.07) is 4.62. The second-order valence-corrected chi connectivity index (χ2v) is 5.55. The van der Waals surface area contributed by atoms with E-state index < -0.39 is 0 Å². The van der Waals surface area contributed by atoms with Crippen molar-refractivity contribution in [2.75, 3.05) is 20.3 Å². The van der Waals surface area contributed by atoms with E-state index in [1.165, 1.54) is 12.1 Å². The highest BCUT2D eigenvalue weighted by atomic mass is 19.1. The van der Waals surface area contributed by atoms with E-state index >= 15 is 0 Å². The molecule has 0 radical (unpaired) electrons. The summed E-state index contributed by atoms with van der Waals surface area (Å²) >= 11 is 0. The number of benzene rings is 1. The topological polar surface area (TPSA) is 30.5 Å². The molecule has 1 rings (SSSR count). The quantitative estimate of drug-likeness (QED) is 0.771. The van der Waals surface area contributed by atoms with Crippen LogP contribution in [0.15, 0.2) is 18.2 Å². The molecule has 108 valence electrons. The Morgan fingerprint density at radius 2 is 1.95 bits per heavy atom. The van der Waals surface area contributed by atoms with Gasteiger partial charge in [-0.05, 0) is 39.0 Å². The fraction of sp³-hybridized carbons (Fsp3) is 0.600. The van der Waals surface area contributed by atoms with Crippen molar-refractivity contribution in [1.82, 2.24) is 5.32 Å². The van der Waals surface area contributed by atoms with E-state index in [2.05, 4.69) is 26.1 Å². The molecule has 19 heavy (non-hydrogen) atoms. The predicted octanol–water partition coefficient (Wildman–Crippen LogP) is 3.13. The Labute approximate surface area is 115 Å². The van der Waals surface area contributed by atoms with E-state index in [0.29, 0.717) is 19.8 Å². The average molecular weight is 269 g/mol. The second kappa shape index (κ2) is 7.46. The molecule has 1 aromatic carbocycles. The van der Waals surface area contributed by atoms with Crippen molar-refractivity contribution in [1.29, 1.82) is 0 Å². The summed E-state index contributed by atoms with van der Waals surface area (Å²) in [5, 5.41) is 3.34. The molecule has 3 nitrogen and oxygen atoms in total. The molecule has 4 heteroatoms. The molecular formula is C15H24FNO2. The average Bonchev–Trinajstić information content (AvgIpc) is 2.33. The Hall–Kier alpha value is -1.13. The summed E-state index contributed by atoms with van der Waals surface area (Å²) in [6.07, 6.45) is 0.819. The van der Waals surface area contributed by atoms with Gasteiger partial charge in [0.15, 0.2) is 0 Å². The molecule has 0 fully saturated rings. The van der Waals surface area contributed by atoms with Gasteiger partial charge in [-0.1, -0.05) is 0 Å². The Bertz CT molecular complexity index is 388. The molecule has 0 amide bonds. The van der Waals surface area contributed by atoms with Gasteiger partial charge in [0.25, 0.3) is 0 Å². The van der Waals surface area contributed by atoms with Crippen molar-refractivity contribution >= 4 is 0 Å². The van der Waals surface area contributed by atoms with Crippen LogP contribution in [0.3, 0.4) is 0 Å². The first-order chi connectivity index (χ1) is 8.92. The summed E-state index contributed by atoms with van der Waals surface area (Å²) in [5.41, 5.74) is 0.826. The van der Waals surface area contributed by atoms with Crippen LogP contribution in [0.2, 0.25) is 0 Å². The van der Waals surface area contributed by atoms with E-state index in [0.717, 1.165) is 17.7 Å². The monoisotopic (exact) mass is 269 g/mol. The molecule has 0 aliphatic carbocycles. The standard InChI is InChI=1S/C15H24FNO2/c1-15(2,3)17-11-12-10-13(16)6-7-14(12)19-9-5-8-18-4/h6-7,10,17H,5,8-9,11H2,1-4H3. The first kappa shape index (κ1) is 15.9. The van der Waals surface area contributed by atoms with E-state index in [1.807, 2.05) is 0 Å². The van der Waals surface area contributed by atoms with Gasteiger partial charge >= 0.3 is 0 Å². The Morgan fingerprint density at radius 1 is 1.21 bits per heavy atom. The van der Waals surface area contributed by atoms with Crippen LogP contribution in [0.1, 0.15) is 32.8 Å². The zero-order valence-electron chi connectivity index (χ0n) is 12.3. The molecule has 0 spiro atoms. The van der Waals surface area contributed by atoms with Crippen LogP contribution in [-0.2, 0) is 11.3 Å². The van der Waals surface area contributed by atoms with Gasteiger partial charge in [0.2, 0.25) is 0 Å². The third kappa shape index (κ3) is 6.55. The lowest BCUT2D eigenvalue weighted by atomic mass is 10.1. The molecule has 1 aromatic rings. The fourth-order valence-corrected chi connectivity index (χ4v) is 1.57. The van der Waals surface area contributed by atoms with Crippen LogP contribution in [0.4, 0.5) is 4.39 Å². The number of nitrogens with one attached hydrogen (secondary N) is 1. The van der Waals surface area contributed by atoms with Crippen molar-refractivity contribution in [3.63, 3.8) is 0 Å². The molecule has 0 saturated heterocycles. The van der Waals surface area contributed by atoms with Gasteiger partial charge < -0.3 is 14.8 Å². The second-order valence-electron chi connectivity index (χ2n) is 5.55. The molecule has 0 atom stereocenters. The Balaban J connectivity index is 2.63. The number of hydrogen-bond donors (Lipinski definition) is 1. The molecule has 0 aliphatic rings. The van der Waals surface area contributed by atoms with Crippen LogP contribution in [0.5, 0.6) is 5.75 Å². The number of methoxy groups -OCH3 is 1. The minimum Gasteiger partial charge on any atom is -0.493 e. The number of halogens is 1. The molecule has 0 aromatic heterocycles. The van der Waals surface area contributed by atoms with Gasteiger partial charge in [-0.2, -0.15) is 0 Å². The zero-order valence-corrected chi connectivity index (χ0v) is 12.3. The molecule has 0 unspecified atom stereocenters. The third-order valence-electron chi connectivity index (χ3n) is 2.58. The minimum atomic E-state index is -0.241. The summed E-state index contributed by atoms with van der Waals surface area (Å²) in [5.74, 6) is 0.490. The van der Waals surface area contributed by atoms with Crippen molar-refractivity contribution in [3.05, 3.63) is 29.6 Å². The Kier molecular flexibility index (Phi) is 6.25. The van der Waals surface area contributed by atoms with Crippen LogP contribution < -0.4 is 10.1 Å².